The molecular weight excluding hydrogens is 358 g/mol. The predicted octanol–water partition coefficient (Wildman–Crippen LogP) is 2.45. The minimum absolute atomic E-state index is 0.100. The van der Waals surface area contributed by atoms with E-state index in [2.05, 4.69) is 5.32 Å². The number of esters is 1. The van der Waals surface area contributed by atoms with E-state index in [1.807, 2.05) is 0 Å². The van der Waals surface area contributed by atoms with Gasteiger partial charge in [0.1, 0.15) is 21.8 Å². The van der Waals surface area contributed by atoms with Crippen molar-refractivity contribution in [3.05, 3.63) is 62.6 Å². The van der Waals surface area contributed by atoms with Gasteiger partial charge < -0.3 is 19.2 Å². The van der Waals surface area contributed by atoms with Crippen molar-refractivity contribution in [2.75, 3.05) is 20.3 Å². The van der Waals surface area contributed by atoms with E-state index in [4.69, 9.17) is 13.9 Å². The molecule has 1 N–H and O–H groups in total. The number of methoxy groups -OCH3 is 1. The van der Waals surface area contributed by atoms with Crippen molar-refractivity contribution in [3.63, 3.8) is 0 Å². The Morgan fingerprint density at radius 2 is 2.08 bits per heavy atom. The summed E-state index contributed by atoms with van der Waals surface area (Å²) < 4.78 is 15.3. The van der Waals surface area contributed by atoms with E-state index in [0.29, 0.717) is 16.9 Å². The second-order valence-corrected chi connectivity index (χ2v) is 6.21. The summed E-state index contributed by atoms with van der Waals surface area (Å²) in [6.07, 6.45) is 0. The van der Waals surface area contributed by atoms with Gasteiger partial charge in [0, 0.05) is 25.1 Å². The van der Waals surface area contributed by atoms with Gasteiger partial charge in [0.05, 0.1) is 6.61 Å². The quantitative estimate of drug-likeness (QED) is 0.309. The monoisotopic (exact) mass is 373 g/mol. The lowest BCUT2D eigenvalue weighted by molar-refractivity contribution is 0.0739. The van der Waals surface area contributed by atoms with Crippen molar-refractivity contribution in [1.82, 2.24) is 5.32 Å². The van der Waals surface area contributed by atoms with Crippen molar-refractivity contribution in [2.24, 2.45) is 0 Å². The minimum Gasteiger partial charge on any atom is -0.422 e. The van der Waals surface area contributed by atoms with Crippen LogP contribution in [-0.2, 0) is 4.74 Å². The van der Waals surface area contributed by atoms with Crippen LogP contribution in [0.4, 0.5) is 0 Å². The van der Waals surface area contributed by atoms with E-state index in [1.54, 1.807) is 29.6 Å². The largest absolute Gasteiger partial charge is 0.422 e. The lowest BCUT2D eigenvalue weighted by Gasteiger charge is -2.06. The molecule has 1 amide bonds. The van der Waals surface area contributed by atoms with Gasteiger partial charge in [-0.25, -0.2) is 9.59 Å². The third-order valence-corrected chi connectivity index (χ3v) is 4.33. The van der Waals surface area contributed by atoms with Crippen LogP contribution in [-0.4, -0.2) is 32.1 Å². The van der Waals surface area contributed by atoms with Gasteiger partial charge in [0.15, 0.2) is 0 Å². The zero-order valence-corrected chi connectivity index (χ0v) is 14.6. The molecule has 0 aliphatic rings. The zero-order chi connectivity index (χ0) is 18.5. The molecule has 7 nitrogen and oxygen atoms in total. The number of nitrogens with one attached hydrogen (secondary N) is 1. The molecule has 8 heteroatoms. The number of rotatable bonds is 6. The molecule has 3 aromatic rings. The Labute approximate surface area is 152 Å². The molecular formula is C18H15NO6S. The highest BCUT2D eigenvalue weighted by atomic mass is 32.1. The summed E-state index contributed by atoms with van der Waals surface area (Å²) in [5, 5.41) is 4.88. The molecule has 0 bridgehead atoms. The van der Waals surface area contributed by atoms with Crippen molar-refractivity contribution < 1.29 is 23.5 Å². The fourth-order valence-corrected chi connectivity index (χ4v) is 2.83. The van der Waals surface area contributed by atoms with Crippen LogP contribution in [0, 0.1) is 0 Å². The third kappa shape index (κ3) is 3.98. The third-order valence-electron chi connectivity index (χ3n) is 3.48. The SMILES string of the molecule is COCCNC(=O)c1cc2ccc(OC(=O)c3cccs3)cc2oc1=O. The number of carbonyl (C=O) groups excluding carboxylic acids is 2. The molecule has 0 spiro atoms. The van der Waals surface area contributed by atoms with Gasteiger partial charge in [-0.2, -0.15) is 0 Å². The molecule has 0 unspecified atom stereocenters. The molecule has 3 rings (SSSR count). The maximum atomic E-state index is 12.1. The van der Waals surface area contributed by atoms with Gasteiger partial charge in [-0.05, 0) is 29.6 Å². The second-order valence-electron chi connectivity index (χ2n) is 5.26. The van der Waals surface area contributed by atoms with Crippen LogP contribution < -0.4 is 15.7 Å². The van der Waals surface area contributed by atoms with Gasteiger partial charge in [-0.3, -0.25) is 4.79 Å². The molecule has 0 saturated heterocycles. The first-order valence-electron chi connectivity index (χ1n) is 7.69. The van der Waals surface area contributed by atoms with Crippen LogP contribution in [0.25, 0.3) is 11.0 Å². The number of carbonyl (C=O) groups is 2. The van der Waals surface area contributed by atoms with E-state index >= 15 is 0 Å². The van der Waals surface area contributed by atoms with Crippen molar-refractivity contribution >= 4 is 34.2 Å². The molecule has 26 heavy (non-hydrogen) atoms. The first-order chi connectivity index (χ1) is 12.6. The molecule has 1 aromatic carbocycles. The van der Waals surface area contributed by atoms with E-state index in [-0.39, 0.29) is 23.4 Å². The molecule has 0 fully saturated rings. The Hall–Kier alpha value is -2.97. The van der Waals surface area contributed by atoms with Crippen LogP contribution in [0.2, 0.25) is 0 Å². The Bertz CT molecular complexity index is 993. The highest BCUT2D eigenvalue weighted by Crippen LogP contribution is 2.22. The van der Waals surface area contributed by atoms with E-state index in [1.165, 1.54) is 30.6 Å². The highest BCUT2D eigenvalue weighted by molar-refractivity contribution is 7.12. The fourth-order valence-electron chi connectivity index (χ4n) is 2.23. The minimum atomic E-state index is -0.769. The second kappa shape index (κ2) is 7.94. The number of amides is 1. The lowest BCUT2D eigenvalue weighted by atomic mass is 10.1. The van der Waals surface area contributed by atoms with E-state index in [0.717, 1.165) is 0 Å². The van der Waals surface area contributed by atoms with Crippen LogP contribution in [0.3, 0.4) is 0 Å². The lowest BCUT2D eigenvalue weighted by Crippen LogP contribution is -2.30. The smallest absolute Gasteiger partial charge is 0.353 e. The molecule has 0 atom stereocenters. The predicted molar refractivity (Wildman–Crippen MR) is 96.0 cm³/mol. The average molecular weight is 373 g/mol. The van der Waals surface area contributed by atoms with E-state index in [9.17, 15) is 14.4 Å². The zero-order valence-electron chi connectivity index (χ0n) is 13.8. The highest BCUT2D eigenvalue weighted by Gasteiger charge is 2.15. The van der Waals surface area contributed by atoms with Crippen molar-refractivity contribution in [2.45, 2.75) is 0 Å². The van der Waals surface area contributed by atoms with E-state index < -0.39 is 17.5 Å². The number of hydrogen-bond acceptors (Lipinski definition) is 7. The topological polar surface area (TPSA) is 94.8 Å². The van der Waals surface area contributed by atoms with Gasteiger partial charge in [-0.1, -0.05) is 6.07 Å². The van der Waals surface area contributed by atoms with Crippen LogP contribution in [0.15, 0.2) is 51.0 Å². The van der Waals surface area contributed by atoms with Crippen LogP contribution >= 0.6 is 11.3 Å². The summed E-state index contributed by atoms with van der Waals surface area (Å²) in [5.41, 5.74) is -0.647. The molecule has 134 valence electrons. The maximum Gasteiger partial charge on any atom is 0.353 e. The average Bonchev–Trinajstić information content (AvgIpc) is 3.16. The maximum absolute atomic E-state index is 12.1. The first kappa shape index (κ1) is 17.8. The molecule has 0 saturated carbocycles. The standard InChI is InChI=1S/C18H15NO6S/c1-23-7-6-19-16(20)13-9-11-4-5-12(10-14(11)25-17(13)21)24-18(22)15-3-2-8-26-15/h2-5,8-10H,6-7H2,1H3,(H,19,20). The molecule has 2 heterocycles. The molecule has 0 aliphatic heterocycles. The Morgan fingerprint density at radius 1 is 1.23 bits per heavy atom. The Morgan fingerprint density at radius 3 is 2.81 bits per heavy atom. The molecule has 2 aromatic heterocycles. The normalized spacial score (nSPS) is 10.7. The number of hydrogen-bond donors (Lipinski definition) is 1. The van der Waals surface area contributed by atoms with Crippen molar-refractivity contribution in [1.29, 1.82) is 0 Å². The number of benzene rings is 1. The summed E-state index contributed by atoms with van der Waals surface area (Å²) in [5.74, 6) is -0.780. The number of ether oxygens (including phenoxy) is 2. The Balaban J connectivity index is 1.82. The van der Waals surface area contributed by atoms with Gasteiger partial charge in [0.25, 0.3) is 5.91 Å². The summed E-state index contributed by atoms with van der Waals surface area (Å²) in [4.78, 5) is 36.5. The molecule has 0 radical (unpaired) electrons. The number of fused-ring (bicyclic) bond motifs is 1. The summed E-state index contributed by atoms with van der Waals surface area (Å²) in [7, 11) is 1.51. The fraction of sp³-hybridized carbons (Fsp3) is 0.167. The Kier molecular flexibility index (Phi) is 5.45. The van der Waals surface area contributed by atoms with Gasteiger partial charge in [-0.15, -0.1) is 11.3 Å². The molecule has 0 aliphatic carbocycles. The van der Waals surface area contributed by atoms with Crippen LogP contribution in [0.5, 0.6) is 5.75 Å². The van der Waals surface area contributed by atoms with Crippen LogP contribution in [0.1, 0.15) is 20.0 Å². The van der Waals surface area contributed by atoms with Gasteiger partial charge in [0.2, 0.25) is 0 Å². The summed E-state index contributed by atoms with van der Waals surface area (Å²) in [6.45, 7) is 0.619. The number of thiophene rings is 1. The van der Waals surface area contributed by atoms with Crippen molar-refractivity contribution in [3.8, 4) is 5.75 Å². The first-order valence-corrected chi connectivity index (χ1v) is 8.57. The summed E-state index contributed by atoms with van der Waals surface area (Å²) >= 11 is 1.27. The van der Waals surface area contributed by atoms with Gasteiger partial charge >= 0.3 is 11.6 Å². The summed E-state index contributed by atoms with van der Waals surface area (Å²) in [6, 6.07) is 9.47.